The minimum Gasteiger partial charge on any atom is -0.379 e. The Balaban J connectivity index is 1.93. The molecule has 0 aromatic heterocycles. The molecule has 1 heterocycles. The SMILES string of the molecule is COC1CN(CCCCl)C1. The van der Waals surface area contributed by atoms with E-state index in [1.165, 1.54) is 0 Å². The van der Waals surface area contributed by atoms with Crippen LogP contribution in [0.5, 0.6) is 0 Å². The van der Waals surface area contributed by atoms with Crippen molar-refractivity contribution in [1.29, 1.82) is 0 Å². The maximum absolute atomic E-state index is 5.54. The molecule has 2 nitrogen and oxygen atoms in total. The highest BCUT2D eigenvalue weighted by Gasteiger charge is 2.24. The van der Waals surface area contributed by atoms with E-state index in [1.807, 2.05) is 0 Å². The van der Waals surface area contributed by atoms with Crippen LogP contribution in [0.2, 0.25) is 0 Å². The van der Waals surface area contributed by atoms with Crippen LogP contribution >= 0.6 is 11.6 Å². The molecule has 0 bridgehead atoms. The Labute approximate surface area is 67.1 Å². The van der Waals surface area contributed by atoms with Gasteiger partial charge in [-0.15, -0.1) is 11.6 Å². The van der Waals surface area contributed by atoms with Crippen LogP contribution in [0, 0.1) is 0 Å². The molecule has 1 fully saturated rings. The fourth-order valence-electron chi connectivity index (χ4n) is 1.14. The Morgan fingerprint density at radius 3 is 2.80 bits per heavy atom. The highest BCUT2D eigenvalue weighted by atomic mass is 35.5. The Hall–Kier alpha value is 0.210. The predicted molar refractivity (Wildman–Crippen MR) is 42.6 cm³/mol. The van der Waals surface area contributed by atoms with Crippen LogP contribution in [-0.2, 0) is 4.74 Å². The van der Waals surface area contributed by atoms with Crippen LogP contribution in [0.3, 0.4) is 0 Å². The van der Waals surface area contributed by atoms with Crippen LogP contribution in [0.4, 0.5) is 0 Å². The van der Waals surface area contributed by atoms with E-state index in [9.17, 15) is 0 Å². The lowest BCUT2D eigenvalue weighted by molar-refractivity contribution is -0.0288. The number of halogens is 1. The molecular formula is C7H14ClNO. The zero-order valence-electron chi connectivity index (χ0n) is 6.35. The topological polar surface area (TPSA) is 12.5 Å². The minimum atomic E-state index is 0.482. The van der Waals surface area contributed by atoms with Crippen molar-refractivity contribution in [2.24, 2.45) is 0 Å². The molecule has 0 atom stereocenters. The lowest BCUT2D eigenvalue weighted by Crippen LogP contribution is -2.51. The summed E-state index contributed by atoms with van der Waals surface area (Å²) >= 11 is 5.54. The van der Waals surface area contributed by atoms with Gasteiger partial charge in [0.05, 0.1) is 6.10 Å². The van der Waals surface area contributed by atoms with Gasteiger partial charge >= 0.3 is 0 Å². The van der Waals surface area contributed by atoms with Crippen molar-refractivity contribution in [3.05, 3.63) is 0 Å². The highest BCUT2D eigenvalue weighted by molar-refractivity contribution is 6.17. The molecule has 0 amide bonds. The Morgan fingerprint density at radius 1 is 1.60 bits per heavy atom. The maximum Gasteiger partial charge on any atom is 0.0824 e. The number of likely N-dealkylation sites (tertiary alicyclic amines) is 1. The molecule has 0 saturated carbocycles. The van der Waals surface area contributed by atoms with Crippen molar-refractivity contribution in [2.75, 3.05) is 32.6 Å². The molecule has 0 unspecified atom stereocenters. The Morgan fingerprint density at radius 2 is 2.30 bits per heavy atom. The zero-order chi connectivity index (χ0) is 7.40. The molecule has 0 aliphatic carbocycles. The van der Waals surface area contributed by atoms with E-state index >= 15 is 0 Å². The first-order valence-electron chi connectivity index (χ1n) is 3.68. The molecule has 0 radical (unpaired) electrons. The van der Waals surface area contributed by atoms with Crippen molar-refractivity contribution in [3.8, 4) is 0 Å². The first-order valence-corrected chi connectivity index (χ1v) is 4.21. The summed E-state index contributed by atoms with van der Waals surface area (Å²) in [7, 11) is 1.77. The molecule has 10 heavy (non-hydrogen) atoms. The van der Waals surface area contributed by atoms with E-state index in [0.29, 0.717) is 6.10 Å². The minimum absolute atomic E-state index is 0.482. The fourth-order valence-corrected chi connectivity index (χ4v) is 1.26. The van der Waals surface area contributed by atoms with E-state index < -0.39 is 0 Å². The van der Waals surface area contributed by atoms with E-state index in [-0.39, 0.29) is 0 Å². The smallest absolute Gasteiger partial charge is 0.0824 e. The third-order valence-corrected chi connectivity index (χ3v) is 2.13. The number of nitrogens with zero attached hydrogens (tertiary/aromatic N) is 1. The lowest BCUT2D eigenvalue weighted by atomic mass is 10.1. The Kier molecular flexibility index (Phi) is 3.46. The van der Waals surface area contributed by atoms with E-state index in [1.54, 1.807) is 7.11 Å². The molecule has 0 N–H and O–H groups in total. The first-order chi connectivity index (χ1) is 4.86. The van der Waals surface area contributed by atoms with Crippen molar-refractivity contribution < 1.29 is 4.74 Å². The van der Waals surface area contributed by atoms with E-state index in [2.05, 4.69) is 4.90 Å². The molecule has 0 aromatic carbocycles. The van der Waals surface area contributed by atoms with Gasteiger partial charge < -0.3 is 4.74 Å². The van der Waals surface area contributed by atoms with Crippen LogP contribution in [-0.4, -0.2) is 43.6 Å². The quantitative estimate of drug-likeness (QED) is 0.573. The molecule has 1 rings (SSSR count). The summed E-state index contributed by atoms with van der Waals surface area (Å²) in [6.07, 6.45) is 1.58. The van der Waals surface area contributed by atoms with Gasteiger partial charge in [-0.1, -0.05) is 0 Å². The summed E-state index contributed by atoms with van der Waals surface area (Å²) in [5, 5.41) is 0. The second kappa shape index (κ2) is 4.16. The van der Waals surface area contributed by atoms with E-state index in [0.717, 1.165) is 31.9 Å². The van der Waals surface area contributed by atoms with Gasteiger partial charge in [0.15, 0.2) is 0 Å². The zero-order valence-corrected chi connectivity index (χ0v) is 7.10. The molecular weight excluding hydrogens is 150 g/mol. The van der Waals surface area contributed by atoms with E-state index in [4.69, 9.17) is 16.3 Å². The number of hydrogen-bond acceptors (Lipinski definition) is 2. The van der Waals surface area contributed by atoms with Crippen LogP contribution in [0.15, 0.2) is 0 Å². The summed E-state index contributed by atoms with van der Waals surface area (Å²) in [6.45, 7) is 3.31. The van der Waals surface area contributed by atoms with Gasteiger partial charge in [0.1, 0.15) is 0 Å². The number of rotatable bonds is 4. The molecule has 3 heteroatoms. The Bertz CT molecular complexity index is 90.9. The van der Waals surface area contributed by atoms with Crippen molar-refractivity contribution in [3.63, 3.8) is 0 Å². The van der Waals surface area contributed by atoms with Crippen LogP contribution in [0.1, 0.15) is 6.42 Å². The number of ether oxygens (including phenoxy) is 1. The van der Waals surface area contributed by atoms with Gasteiger partial charge in [-0.25, -0.2) is 0 Å². The molecule has 60 valence electrons. The maximum atomic E-state index is 5.54. The van der Waals surface area contributed by atoms with Gasteiger partial charge in [0.2, 0.25) is 0 Å². The average molecular weight is 164 g/mol. The largest absolute Gasteiger partial charge is 0.379 e. The van der Waals surface area contributed by atoms with Crippen molar-refractivity contribution in [1.82, 2.24) is 4.90 Å². The van der Waals surface area contributed by atoms with Gasteiger partial charge in [0, 0.05) is 26.1 Å². The number of methoxy groups -OCH3 is 1. The highest BCUT2D eigenvalue weighted by Crippen LogP contribution is 2.10. The third-order valence-electron chi connectivity index (χ3n) is 1.86. The standard InChI is InChI=1S/C7H14ClNO/c1-10-7-5-9(6-7)4-2-3-8/h7H,2-6H2,1H3. The van der Waals surface area contributed by atoms with Gasteiger partial charge in [-0.3, -0.25) is 4.90 Å². The summed E-state index contributed by atoms with van der Waals surface area (Å²) in [5.74, 6) is 0.772. The number of hydrogen-bond donors (Lipinski definition) is 0. The fraction of sp³-hybridized carbons (Fsp3) is 1.00. The van der Waals surface area contributed by atoms with Crippen LogP contribution < -0.4 is 0 Å². The summed E-state index contributed by atoms with van der Waals surface area (Å²) in [6, 6.07) is 0. The summed E-state index contributed by atoms with van der Waals surface area (Å²) in [5.41, 5.74) is 0. The first kappa shape index (κ1) is 8.31. The lowest BCUT2D eigenvalue weighted by Gasteiger charge is -2.37. The molecule has 0 spiro atoms. The van der Waals surface area contributed by atoms with Crippen molar-refractivity contribution in [2.45, 2.75) is 12.5 Å². The second-order valence-corrected chi connectivity index (χ2v) is 3.04. The molecule has 0 aromatic rings. The van der Waals surface area contributed by atoms with Gasteiger partial charge in [0.25, 0.3) is 0 Å². The average Bonchev–Trinajstić information content (AvgIpc) is 1.86. The molecule has 1 saturated heterocycles. The summed E-state index contributed by atoms with van der Waals surface area (Å²) in [4.78, 5) is 2.36. The normalized spacial score (nSPS) is 21.0. The third kappa shape index (κ3) is 2.11. The predicted octanol–water partition coefficient (Wildman–Crippen LogP) is 0.946. The summed E-state index contributed by atoms with van der Waals surface area (Å²) < 4.78 is 5.12. The van der Waals surface area contributed by atoms with Crippen LogP contribution in [0.25, 0.3) is 0 Å². The molecule has 1 aliphatic rings. The monoisotopic (exact) mass is 163 g/mol. The van der Waals surface area contributed by atoms with Crippen molar-refractivity contribution >= 4 is 11.6 Å². The van der Waals surface area contributed by atoms with Gasteiger partial charge in [-0.05, 0) is 13.0 Å². The van der Waals surface area contributed by atoms with Gasteiger partial charge in [-0.2, -0.15) is 0 Å². The molecule has 1 aliphatic heterocycles. The number of alkyl halides is 1. The second-order valence-electron chi connectivity index (χ2n) is 2.66.